The molecule has 1 aromatic heterocycles. The fraction of sp³-hybridized carbons (Fsp3) is 0.294. The number of nitrogens with one attached hydrogen (secondary N) is 2. The number of ether oxygens (including phenoxy) is 1. The van der Waals surface area contributed by atoms with Gasteiger partial charge in [0.15, 0.2) is 0 Å². The maximum absolute atomic E-state index is 11.9. The first-order chi connectivity index (χ1) is 12.5. The second kappa shape index (κ2) is 7.68. The molecule has 2 heterocycles. The van der Waals surface area contributed by atoms with Crippen molar-refractivity contribution in [2.75, 3.05) is 24.5 Å². The third kappa shape index (κ3) is 4.00. The Balaban J connectivity index is 1.43. The van der Waals surface area contributed by atoms with Crippen LogP contribution < -0.4 is 15.5 Å². The molecule has 0 radical (unpaired) electrons. The van der Waals surface area contributed by atoms with Gasteiger partial charge in [0, 0.05) is 18.7 Å². The molecule has 2 N–H and O–H groups in total. The first-order valence-electron chi connectivity index (χ1n) is 8.10. The van der Waals surface area contributed by atoms with Crippen molar-refractivity contribution in [3.63, 3.8) is 0 Å². The molecule has 1 fully saturated rings. The van der Waals surface area contributed by atoms with Crippen LogP contribution in [0.4, 0.5) is 10.6 Å². The van der Waals surface area contributed by atoms with E-state index in [1.807, 2.05) is 0 Å². The number of cyclic esters (lactones) is 1. The van der Waals surface area contributed by atoms with Crippen LogP contribution in [-0.2, 0) is 16.6 Å². The average Bonchev–Trinajstić information content (AvgIpc) is 3.23. The Hall–Kier alpha value is -3.36. The van der Waals surface area contributed by atoms with Crippen molar-refractivity contribution in [3.05, 3.63) is 48.2 Å². The Bertz CT molecular complexity index is 804. The van der Waals surface area contributed by atoms with Gasteiger partial charge in [-0.05, 0) is 12.1 Å². The number of nitrogens with zero attached hydrogens (tertiary/aromatic N) is 3. The topological polar surface area (TPSA) is 106 Å². The van der Waals surface area contributed by atoms with E-state index < -0.39 is 12.2 Å². The van der Waals surface area contributed by atoms with Crippen LogP contribution in [0.25, 0.3) is 0 Å². The van der Waals surface area contributed by atoms with E-state index in [2.05, 4.69) is 15.7 Å². The molecule has 3 rings (SSSR count). The van der Waals surface area contributed by atoms with E-state index in [1.54, 1.807) is 54.3 Å². The van der Waals surface area contributed by atoms with Crippen molar-refractivity contribution >= 4 is 23.7 Å². The zero-order chi connectivity index (χ0) is 18.5. The van der Waals surface area contributed by atoms with E-state index in [1.165, 1.54) is 4.90 Å². The molecule has 26 heavy (non-hydrogen) atoms. The lowest BCUT2D eigenvalue weighted by molar-refractivity contribution is -0.120. The molecule has 0 saturated carbocycles. The largest absolute Gasteiger partial charge is 0.442 e. The van der Waals surface area contributed by atoms with Crippen molar-refractivity contribution < 1.29 is 19.1 Å². The summed E-state index contributed by atoms with van der Waals surface area (Å²) in [5.41, 5.74) is 0.483. The number of carbonyl (C=O) groups is 3. The molecular weight excluding hydrogens is 338 g/mol. The molecule has 9 heteroatoms. The molecule has 1 atom stereocenters. The molecule has 1 aromatic carbocycles. The number of carbonyl (C=O) groups excluding carboxylic acids is 3. The molecule has 1 aliphatic heterocycles. The molecule has 9 nitrogen and oxygen atoms in total. The molecule has 2 aromatic rings. The fourth-order valence-electron chi connectivity index (χ4n) is 2.59. The maximum Gasteiger partial charge on any atom is 0.416 e. The second-order valence-corrected chi connectivity index (χ2v) is 5.78. The number of aryl methyl sites for hydroxylation is 1. The molecule has 1 saturated heterocycles. The van der Waals surface area contributed by atoms with E-state index in [-0.39, 0.29) is 24.9 Å². The summed E-state index contributed by atoms with van der Waals surface area (Å²) in [6.45, 7) is 0.328. The van der Waals surface area contributed by atoms with Gasteiger partial charge in [0.25, 0.3) is 5.91 Å². The number of hydrogen-bond acceptors (Lipinski definition) is 5. The van der Waals surface area contributed by atoms with Crippen molar-refractivity contribution in [2.45, 2.75) is 6.10 Å². The Morgan fingerprint density at radius 3 is 2.69 bits per heavy atom. The minimum absolute atomic E-state index is 0.153. The van der Waals surface area contributed by atoms with Crippen molar-refractivity contribution in [1.82, 2.24) is 20.4 Å². The maximum atomic E-state index is 11.9. The number of amides is 3. The molecule has 0 aliphatic carbocycles. The van der Waals surface area contributed by atoms with E-state index in [9.17, 15) is 14.4 Å². The lowest BCUT2D eigenvalue weighted by Crippen LogP contribution is -2.41. The highest BCUT2D eigenvalue weighted by atomic mass is 16.6. The van der Waals surface area contributed by atoms with Gasteiger partial charge in [0.05, 0.1) is 25.8 Å². The third-order valence-corrected chi connectivity index (χ3v) is 3.92. The first kappa shape index (κ1) is 17.5. The Labute approximate surface area is 149 Å². The summed E-state index contributed by atoms with van der Waals surface area (Å²) in [5, 5.41) is 9.21. The number of aromatic nitrogens is 2. The van der Waals surface area contributed by atoms with Gasteiger partial charge in [-0.1, -0.05) is 18.2 Å². The summed E-state index contributed by atoms with van der Waals surface area (Å²) in [7, 11) is 1.73. The Morgan fingerprint density at radius 2 is 2.00 bits per heavy atom. The Morgan fingerprint density at radius 1 is 1.23 bits per heavy atom. The molecule has 0 spiro atoms. The van der Waals surface area contributed by atoms with Crippen molar-refractivity contribution in [3.8, 4) is 0 Å². The lowest BCUT2D eigenvalue weighted by Gasteiger charge is -2.12. The Kier molecular flexibility index (Phi) is 5.16. The smallest absolute Gasteiger partial charge is 0.416 e. The van der Waals surface area contributed by atoms with Crippen LogP contribution in [0.3, 0.4) is 0 Å². The summed E-state index contributed by atoms with van der Waals surface area (Å²) in [5.74, 6) is -0.0568. The van der Waals surface area contributed by atoms with E-state index in [4.69, 9.17) is 4.74 Å². The van der Waals surface area contributed by atoms with Crippen LogP contribution in [0, 0.1) is 0 Å². The molecule has 1 unspecified atom stereocenters. The van der Waals surface area contributed by atoms with Crippen molar-refractivity contribution in [2.24, 2.45) is 7.05 Å². The molecule has 3 amide bonds. The molecule has 1 aliphatic rings. The van der Waals surface area contributed by atoms with Crippen LogP contribution in [0.5, 0.6) is 0 Å². The summed E-state index contributed by atoms with van der Waals surface area (Å²) in [4.78, 5) is 37.2. The zero-order valence-corrected chi connectivity index (χ0v) is 14.2. The predicted molar refractivity (Wildman–Crippen MR) is 92.6 cm³/mol. The highest BCUT2D eigenvalue weighted by Crippen LogP contribution is 2.20. The number of hydrogen-bond donors (Lipinski definition) is 2. The molecule has 136 valence electrons. The highest BCUT2D eigenvalue weighted by molar-refractivity contribution is 5.96. The highest BCUT2D eigenvalue weighted by Gasteiger charge is 2.33. The second-order valence-electron chi connectivity index (χ2n) is 5.78. The first-order valence-corrected chi connectivity index (χ1v) is 8.10. The van der Waals surface area contributed by atoms with Gasteiger partial charge < -0.3 is 15.4 Å². The molecular formula is C17H19N5O4. The average molecular weight is 357 g/mol. The minimum atomic E-state index is -0.481. The minimum Gasteiger partial charge on any atom is -0.442 e. The quantitative estimate of drug-likeness (QED) is 0.773. The monoisotopic (exact) mass is 357 g/mol. The van der Waals surface area contributed by atoms with Gasteiger partial charge in [0.1, 0.15) is 11.9 Å². The van der Waals surface area contributed by atoms with Crippen LogP contribution in [0.1, 0.15) is 10.4 Å². The van der Waals surface area contributed by atoms with Gasteiger partial charge in [-0.25, -0.2) is 4.79 Å². The van der Waals surface area contributed by atoms with Gasteiger partial charge in [0.2, 0.25) is 5.91 Å². The van der Waals surface area contributed by atoms with E-state index in [0.717, 1.165) is 0 Å². The SMILES string of the molecule is Cn1nccc1N1CC(CNC(=O)CNC(=O)c2ccccc2)OC1=O. The molecule has 0 bridgehead atoms. The number of rotatable bonds is 6. The number of anilines is 1. The van der Waals surface area contributed by atoms with Gasteiger partial charge in [-0.2, -0.15) is 5.10 Å². The predicted octanol–water partition coefficient (Wildman–Crippen LogP) is 0.292. The van der Waals surface area contributed by atoms with Gasteiger partial charge in [-0.3, -0.25) is 19.2 Å². The van der Waals surface area contributed by atoms with E-state index in [0.29, 0.717) is 17.9 Å². The zero-order valence-electron chi connectivity index (χ0n) is 14.2. The van der Waals surface area contributed by atoms with Crippen LogP contribution >= 0.6 is 0 Å². The fourth-order valence-corrected chi connectivity index (χ4v) is 2.59. The van der Waals surface area contributed by atoms with Gasteiger partial charge >= 0.3 is 6.09 Å². The third-order valence-electron chi connectivity index (χ3n) is 3.92. The van der Waals surface area contributed by atoms with E-state index >= 15 is 0 Å². The van der Waals surface area contributed by atoms with Crippen LogP contribution in [0.2, 0.25) is 0 Å². The lowest BCUT2D eigenvalue weighted by atomic mass is 10.2. The van der Waals surface area contributed by atoms with Crippen LogP contribution in [-0.4, -0.2) is 53.4 Å². The number of benzene rings is 1. The standard InChI is InChI=1S/C17H19N5O4/c1-21-15(7-8-20-21)22-11-13(26-17(22)25)9-18-14(23)10-19-16(24)12-5-3-2-4-6-12/h2-8,13H,9-11H2,1H3,(H,18,23)(H,19,24). The summed E-state index contributed by atoms with van der Waals surface area (Å²) in [6, 6.07) is 10.3. The summed E-state index contributed by atoms with van der Waals surface area (Å²) < 4.78 is 6.81. The van der Waals surface area contributed by atoms with Gasteiger partial charge in [-0.15, -0.1) is 0 Å². The summed E-state index contributed by atoms with van der Waals surface area (Å²) >= 11 is 0. The summed E-state index contributed by atoms with van der Waals surface area (Å²) in [6.07, 6.45) is 0.643. The normalized spacial score (nSPS) is 16.3. The van der Waals surface area contributed by atoms with Crippen molar-refractivity contribution in [1.29, 1.82) is 0 Å². The van der Waals surface area contributed by atoms with Crippen LogP contribution in [0.15, 0.2) is 42.6 Å².